The number of aromatic nitrogens is 1. The number of hydrogen-bond donors (Lipinski definition) is 1. The first-order valence-corrected chi connectivity index (χ1v) is 11.2. The lowest BCUT2D eigenvalue weighted by molar-refractivity contribution is -0.132. The molecule has 0 saturated carbocycles. The Labute approximate surface area is 204 Å². The van der Waals surface area contributed by atoms with E-state index < -0.39 is 23.7 Å². The summed E-state index contributed by atoms with van der Waals surface area (Å²) in [6.45, 7) is 1.61. The summed E-state index contributed by atoms with van der Waals surface area (Å²) in [6, 6.07) is 12.0. The van der Waals surface area contributed by atoms with Crippen molar-refractivity contribution in [3.8, 4) is 5.75 Å². The van der Waals surface area contributed by atoms with Gasteiger partial charge in [0.15, 0.2) is 5.13 Å². The Kier molecular flexibility index (Phi) is 6.41. The average molecular weight is 499 g/mol. The Bertz CT molecular complexity index is 1310. The number of benzene rings is 2. The summed E-state index contributed by atoms with van der Waals surface area (Å²) >= 11 is 6.98. The molecule has 1 aromatic heterocycles. The molecule has 1 aliphatic rings. The van der Waals surface area contributed by atoms with Gasteiger partial charge in [0.1, 0.15) is 16.4 Å². The molecule has 10 heteroatoms. The number of carbonyl (C=O) groups is 3. The highest BCUT2D eigenvalue weighted by Gasteiger charge is 2.48. The standard InChI is InChI=1S/C24H19ClN2O6S/c1-12-21(23(31)33-3)34-24(26-12)27-18(13-4-8-15(25)9-5-13)17(20(29)22(27)30)19(28)14-6-10-16(32-2)11-7-14/h4-11,18,28H,1-3H3. The maximum absolute atomic E-state index is 13.2. The van der Waals surface area contributed by atoms with Crippen molar-refractivity contribution in [2.24, 2.45) is 0 Å². The first kappa shape index (κ1) is 23.5. The van der Waals surface area contributed by atoms with E-state index in [0.717, 1.165) is 11.3 Å². The fraction of sp³-hybridized carbons (Fsp3) is 0.167. The van der Waals surface area contributed by atoms with Crippen molar-refractivity contribution in [1.82, 2.24) is 4.98 Å². The van der Waals surface area contributed by atoms with Crippen molar-refractivity contribution in [2.45, 2.75) is 13.0 Å². The zero-order valence-corrected chi connectivity index (χ0v) is 19.9. The number of anilines is 1. The normalized spacial score (nSPS) is 17.2. The first-order chi connectivity index (χ1) is 16.3. The van der Waals surface area contributed by atoms with E-state index >= 15 is 0 Å². The molecule has 2 heterocycles. The maximum atomic E-state index is 13.2. The fourth-order valence-electron chi connectivity index (χ4n) is 3.66. The summed E-state index contributed by atoms with van der Waals surface area (Å²) in [7, 11) is 2.76. The molecule has 1 amide bonds. The van der Waals surface area contributed by atoms with E-state index in [4.69, 9.17) is 21.1 Å². The molecule has 1 fully saturated rings. The van der Waals surface area contributed by atoms with Crippen molar-refractivity contribution in [2.75, 3.05) is 19.1 Å². The molecule has 0 aliphatic carbocycles. The van der Waals surface area contributed by atoms with E-state index in [2.05, 4.69) is 4.98 Å². The van der Waals surface area contributed by atoms with Gasteiger partial charge in [-0.3, -0.25) is 14.5 Å². The van der Waals surface area contributed by atoms with Gasteiger partial charge in [-0.2, -0.15) is 0 Å². The van der Waals surface area contributed by atoms with Crippen LogP contribution in [0.3, 0.4) is 0 Å². The number of amides is 1. The third-order valence-electron chi connectivity index (χ3n) is 5.36. The fourth-order valence-corrected chi connectivity index (χ4v) is 4.80. The molecule has 3 aromatic rings. The summed E-state index contributed by atoms with van der Waals surface area (Å²) in [4.78, 5) is 44.2. The van der Waals surface area contributed by atoms with Gasteiger partial charge >= 0.3 is 11.9 Å². The van der Waals surface area contributed by atoms with Crippen LogP contribution in [0, 0.1) is 6.92 Å². The maximum Gasteiger partial charge on any atom is 0.350 e. The molecule has 0 bridgehead atoms. The van der Waals surface area contributed by atoms with Gasteiger partial charge in [-0.1, -0.05) is 35.1 Å². The second kappa shape index (κ2) is 9.28. The topological polar surface area (TPSA) is 106 Å². The van der Waals surface area contributed by atoms with Gasteiger partial charge < -0.3 is 14.6 Å². The number of aliphatic hydroxyl groups excluding tert-OH is 1. The number of aryl methyl sites for hydroxylation is 1. The second-order valence-corrected chi connectivity index (χ2v) is 8.77. The van der Waals surface area contributed by atoms with Crippen LogP contribution >= 0.6 is 22.9 Å². The minimum atomic E-state index is -0.990. The first-order valence-electron chi connectivity index (χ1n) is 10.0. The molecule has 1 aliphatic heterocycles. The zero-order valence-electron chi connectivity index (χ0n) is 18.4. The number of carbonyl (C=O) groups excluding carboxylic acids is 3. The molecule has 1 saturated heterocycles. The van der Waals surface area contributed by atoms with Gasteiger partial charge in [-0.05, 0) is 48.9 Å². The molecular weight excluding hydrogens is 480 g/mol. The number of halogens is 1. The summed E-state index contributed by atoms with van der Waals surface area (Å²) in [5.41, 5.74) is 1.12. The van der Waals surface area contributed by atoms with Gasteiger partial charge in [0, 0.05) is 10.6 Å². The monoisotopic (exact) mass is 498 g/mol. The highest BCUT2D eigenvalue weighted by atomic mass is 35.5. The van der Waals surface area contributed by atoms with E-state index in [1.54, 1.807) is 55.5 Å². The van der Waals surface area contributed by atoms with Crippen molar-refractivity contribution < 1.29 is 29.0 Å². The van der Waals surface area contributed by atoms with Crippen LogP contribution in [0.2, 0.25) is 5.02 Å². The molecule has 34 heavy (non-hydrogen) atoms. The van der Waals surface area contributed by atoms with Crippen LogP contribution in [0.5, 0.6) is 5.75 Å². The van der Waals surface area contributed by atoms with Gasteiger partial charge in [-0.15, -0.1) is 0 Å². The Hall–Kier alpha value is -3.69. The van der Waals surface area contributed by atoms with Crippen molar-refractivity contribution in [3.63, 3.8) is 0 Å². The number of rotatable bonds is 5. The van der Waals surface area contributed by atoms with Crippen LogP contribution in [-0.4, -0.2) is 42.0 Å². The number of aliphatic hydroxyl groups is 1. The Morgan fingerprint density at radius 1 is 1.09 bits per heavy atom. The summed E-state index contributed by atoms with van der Waals surface area (Å²) in [5, 5.41) is 11.7. The second-order valence-electron chi connectivity index (χ2n) is 7.35. The summed E-state index contributed by atoms with van der Waals surface area (Å²) in [6.07, 6.45) is 0. The van der Waals surface area contributed by atoms with Crippen LogP contribution in [0.1, 0.15) is 32.5 Å². The third-order valence-corrected chi connectivity index (χ3v) is 6.74. The molecule has 1 unspecified atom stereocenters. The van der Waals surface area contributed by atoms with Crippen molar-refractivity contribution in [3.05, 3.63) is 80.8 Å². The molecule has 0 spiro atoms. The number of ether oxygens (including phenoxy) is 2. The predicted molar refractivity (Wildman–Crippen MR) is 127 cm³/mol. The van der Waals surface area contributed by atoms with Crippen molar-refractivity contribution >= 4 is 51.5 Å². The lowest BCUT2D eigenvalue weighted by Crippen LogP contribution is -2.29. The van der Waals surface area contributed by atoms with Gasteiger partial charge in [-0.25, -0.2) is 9.78 Å². The number of Topliss-reactive ketones (excluding diaryl/α,β-unsaturated/α-hetero) is 1. The van der Waals surface area contributed by atoms with E-state index in [0.29, 0.717) is 27.6 Å². The minimum absolute atomic E-state index is 0.107. The van der Waals surface area contributed by atoms with Crippen LogP contribution in [0.4, 0.5) is 5.13 Å². The number of esters is 1. The molecular formula is C24H19ClN2O6S. The van der Waals surface area contributed by atoms with Crippen LogP contribution in [-0.2, 0) is 14.3 Å². The molecule has 1 N–H and O–H groups in total. The number of nitrogens with zero attached hydrogens (tertiary/aromatic N) is 2. The largest absolute Gasteiger partial charge is 0.507 e. The summed E-state index contributed by atoms with van der Waals surface area (Å²) < 4.78 is 9.94. The number of ketones is 1. The number of methoxy groups -OCH3 is 2. The molecule has 2 aromatic carbocycles. The van der Waals surface area contributed by atoms with E-state index in [1.165, 1.54) is 19.1 Å². The molecule has 0 radical (unpaired) electrons. The number of thiazole rings is 1. The summed E-state index contributed by atoms with van der Waals surface area (Å²) in [5.74, 6) is -2.12. The number of hydrogen-bond acceptors (Lipinski definition) is 8. The van der Waals surface area contributed by atoms with Gasteiger partial charge in [0.05, 0.1) is 31.5 Å². The highest BCUT2D eigenvalue weighted by Crippen LogP contribution is 2.44. The zero-order chi connectivity index (χ0) is 24.6. The van der Waals surface area contributed by atoms with Crippen LogP contribution in [0.25, 0.3) is 5.76 Å². The van der Waals surface area contributed by atoms with E-state index in [1.807, 2.05) is 0 Å². The quantitative estimate of drug-likeness (QED) is 0.238. The Morgan fingerprint density at radius 2 is 1.74 bits per heavy atom. The third kappa shape index (κ3) is 4.04. The highest BCUT2D eigenvalue weighted by molar-refractivity contribution is 7.17. The lowest BCUT2D eigenvalue weighted by Gasteiger charge is -2.23. The molecule has 4 rings (SSSR count). The van der Waals surface area contributed by atoms with Crippen LogP contribution in [0.15, 0.2) is 54.1 Å². The van der Waals surface area contributed by atoms with Crippen molar-refractivity contribution in [1.29, 1.82) is 0 Å². The van der Waals surface area contributed by atoms with Gasteiger partial charge in [0.2, 0.25) is 0 Å². The predicted octanol–water partition coefficient (Wildman–Crippen LogP) is 4.53. The molecule has 8 nitrogen and oxygen atoms in total. The average Bonchev–Trinajstić information content (AvgIpc) is 3.35. The molecule has 174 valence electrons. The van der Waals surface area contributed by atoms with E-state index in [-0.39, 0.29) is 21.3 Å². The lowest BCUT2D eigenvalue weighted by atomic mass is 9.95. The minimum Gasteiger partial charge on any atom is -0.507 e. The van der Waals surface area contributed by atoms with E-state index in [9.17, 15) is 19.5 Å². The molecule has 1 atom stereocenters. The van der Waals surface area contributed by atoms with Gasteiger partial charge in [0.25, 0.3) is 5.78 Å². The smallest absolute Gasteiger partial charge is 0.350 e. The SMILES string of the molecule is COC(=O)c1sc(N2C(=O)C(=O)C(=C(O)c3ccc(OC)cc3)C2c2ccc(Cl)cc2)nc1C. The Balaban J connectivity index is 1.91. The van der Waals surface area contributed by atoms with Crippen LogP contribution < -0.4 is 9.64 Å². The Morgan fingerprint density at radius 3 is 2.32 bits per heavy atom.